The lowest BCUT2D eigenvalue weighted by molar-refractivity contribution is 0.0950. The molecule has 1 heterocycles. The van der Waals surface area contributed by atoms with Crippen LogP contribution in [-0.4, -0.2) is 17.1 Å². The molecule has 0 saturated heterocycles. The molecular weight excluding hydrogens is 430 g/mol. The topological polar surface area (TPSA) is 54.4 Å². The highest BCUT2D eigenvalue weighted by molar-refractivity contribution is 5.95. The van der Waals surface area contributed by atoms with Gasteiger partial charge in [-0.25, -0.2) is 10.4 Å². The van der Waals surface area contributed by atoms with Gasteiger partial charge in [-0.1, -0.05) is 97.1 Å². The van der Waals surface area contributed by atoms with E-state index in [1.807, 2.05) is 36.5 Å². The molecule has 7 rings (SSSR count). The van der Waals surface area contributed by atoms with Crippen molar-refractivity contribution in [2.24, 2.45) is 22.9 Å². The highest BCUT2D eigenvalue weighted by Crippen LogP contribution is 2.83. The first-order valence-electron chi connectivity index (χ1n) is 12.2. The molecule has 4 aromatic rings. The van der Waals surface area contributed by atoms with Gasteiger partial charge in [-0.05, 0) is 41.5 Å². The number of nitrogens with zero attached hydrogens (tertiary/aromatic N) is 2. The summed E-state index contributed by atoms with van der Waals surface area (Å²) in [7, 11) is 0. The van der Waals surface area contributed by atoms with Crippen LogP contribution in [0.5, 0.6) is 0 Å². The smallest absolute Gasteiger partial charge is 0.266 e. The molecular formula is C31H25N3O. The predicted molar refractivity (Wildman–Crippen MR) is 138 cm³/mol. The molecule has 1 unspecified atom stereocenters. The Labute approximate surface area is 204 Å². The number of aromatic nitrogens is 1. The molecule has 0 spiro atoms. The number of fused-ring (bicyclic) bond motifs is 6. The highest BCUT2D eigenvalue weighted by atomic mass is 16.2. The predicted octanol–water partition coefficient (Wildman–Crippen LogP) is 5.66. The van der Waals surface area contributed by atoms with Gasteiger partial charge < -0.3 is 0 Å². The summed E-state index contributed by atoms with van der Waals surface area (Å²) in [6.45, 7) is 0. The van der Waals surface area contributed by atoms with Crippen LogP contribution in [0.1, 0.15) is 28.0 Å². The van der Waals surface area contributed by atoms with Gasteiger partial charge in [0.25, 0.3) is 5.91 Å². The Kier molecular flexibility index (Phi) is 4.34. The van der Waals surface area contributed by atoms with Crippen molar-refractivity contribution in [2.75, 3.05) is 0 Å². The molecule has 170 valence electrons. The number of amides is 1. The summed E-state index contributed by atoms with van der Waals surface area (Å²) in [4.78, 5) is 17.4. The maximum Gasteiger partial charge on any atom is 0.289 e. The molecule has 1 aromatic heterocycles. The van der Waals surface area contributed by atoms with Crippen molar-refractivity contribution in [3.05, 3.63) is 126 Å². The van der Waals surface area contributed by atoms with E-state index in [0.29, 0.717) is 17.5 Å². The first-order valence-corrected chi connectivity index (χ1v) is 12.2. The van der Waals surface area contributed by atoms with E-state index < -0.39 is 0 Å². The number of benzene rings is 3. The number of pyridine rings is 1. The molecule has 5 atom stereocenters. The average Bonchev–Trinajstić information content (AvgIpc) is 3.15. The zero-order chi connectivity index (χ0) is 23.5. The van der Waals surface area contributed by atoms with Gasteiger partial charge in [0.2, 0.25) is 0 Å². The van der Waals surface area contributed by atoms with Crippen LogP contribution in [0.4, 0.5) is 0 Å². The Morgan fingerprint density at radius 1 is 0.800 bits per heavy atom. The standard InChI is InChI=1S/C31H25N3O/c35-29(27-18-15-21-9-7-8-14-26(21)33-27)34-32-20-28-30(22-10-3-1-4-11-22)24-16-17-25(19-24)31(28,30)23-12-5-2-6-13-23/h1-18,20,24-25,28H,19H2,(H,34,35)/b32-20+/t24-,25-,28?,30-,31+/m0/s1. The Morgan fingerprint density at radius 2 is 1.40 bits per heavy atom. The van der Waals surface area contributed by atoms with Crippen LogP contribution in [0, 0.1) is 17.8 Å². The van der Waals surface area contributed by atoms with Crippen LogP contribution in [0.25, 0.3) is 10.9 Å². The zero-order valence-corrected chi connectivity index (χ0v) is 19.2. The van der Waals surface area contributed by atoms with Crippen molar-refractivity contribution in [3.8, 4) is 0 Å². The maximum absolute atomic E-state index is 12.9. The third kappa shape index (κ3) is 2.65. The molecule has 1 N–H and O–H groups in total. The van der Waals surface area contributed by atoms with Crippen LogP contribution in [0.3, 0.4) is 0 Å². The Hall–Kier alpha value is -4.05. The SMILES string of the molecule is O=C(N/N=C/C1[C@@]2(c3ccccc3)[C@H]3C=C[C@@H](C3)[C@@]12c1ccccc1)c1ccc2ccccc2n1. The third-order valence-electron chi connectivity index (χ3n) is 8.56. The van der Waals surface area contributed by atoms with Crippen molar-refractivity contribution in [1.82, 2.24) is 10.4 Å². The van der Waals surface area contributed by atoms with Crippen molar-refractivity contribution in [1.29, 1.82) is 0 Å². The Bertz CT molecular complexity index is 1430. The van der Waals surface area contributed by atoms with E-state index in [1.54, 1.807) is 6.07 Å². The van der Waals surface area contributed by atoms with Gasteiger partial charge in [-0.3, -0.25) is 4.79 Å². The van der Waals surface area contributed by atoms with Gasteiger partial charge in [-0.2, -0.15) is 5.10 Å². The molecule has 35 heavy (non-hydrogen) atoms. The lowest BCUT2D eigenvalue weighted by Gasteiger charge is -2.27. The van der Waals surface area contributed by atoms with Crippen LogP contribution < -0.4 is 5.43 Å². The fourth-order valence-electron chi connectivity index (χ4n) is 7.35. The molecule has 0 radical (unpaired) electrons. The number of carbonyl (C=O) groups is 1. The summed E-state index contributed by atoms with van der Waals surface area (Å²) in [5, 5.41) is 5.53. The molecule has 3 aromatic carbocycles. The minimum Gasteiger partial charge on any atom is -0.266 e. The van der Waals surface area contributed by atoms with Crippen LogP contribution >= 0.6 is 0 Å². The van der Waals surface area contributed by atoms with Crippen LogP contribution in [-0.2, 0) is 10.8 Å². The lowest BCUT2D eigenvalue weighted by Crippen LogP contribution is -2.26. The van der Waals surface area contributed by atoms with E-state index in [-0.39, 0.29) is 22.7 Å². The fraction of sp³-hybridized carbons (Fsp3) is 0.194. The third-order valence-corrected chi connectivity index (χ3v) is 8.56. The van der Waals surface area contributed by atoms with Crippen molar-refractivity contribution in [2.45, 2.75) is 17.3 Å². The van der Waals surface area contributed by atoms with E-state index in [9.17, 15) is 4.79 Å². The van der Waals surface area contributed by atoms with Gasteiger partial charge in [0, 0.05) is 28.3 Å². The number of carbonyl (C=O) groups excluding carboxylic acids is 1. The molecule has 4 nitrogen and oxygen atoms in total. The number of nitrogens with one attached hydrogen (secondary N) is 1. The number of hydrogen-bond donors (Lipinski definition) is 1. The molecule has 2 fully saturated rings. The monoisotopic (exact) mass is 455 g/mol. The highest BCUT2D eigenvalue weighted by Gasteiger charge is 2.85. The first-order chi connectivity index (χ1) is 17.3. The van der Waals surface area contributed by atoms with E-state index >= 15 is 0 Å². The van der Waals surface area contributed by atoms with Crippen molar-refractivity contribution in [3.63, 3.8) is 0 Å². The normalized spacial score (nSPS) is 30.0. The second kappa shape index (κ2) is 7.47. The molecule has 2 bridgehead atoms. The van der Waals surface area contributed by atoms with Gasteiger partial charge in [0.15, 0.2) is 0 Å². The molecule has 3 aliphatic rings. The van der Waals surface area contributed by atoms with E-state index in [4.69, 9.17) is 0 Å². The number of hydrogen-bond acceptors (Lipinski definition) is 3. The number of rotatable bonds is 5. The van der Waals surface area contributed by atoms with Gasteiger partial charge >= 0.3 is 0 Å². The Morgan fingerprint density at radius 3 is 2.06 bits per heavy atom. The van der Waals surface area contributed by atoms with E-state index in [2.05, 4.69) is 88.3 Å². The van der Waals surface area contributed by atoms with E-state index in [0.717, 1.165) is 10.9 Å². The second-order valence-electron chi connectivity index (χ2n) is 9.89. The molecule has 3 aliphatic carbocycles. The summed E-state index contributed by atoms with van der Waals surface area (Å²) in [5.74, 6) is 0.832. The minimum atomic E-state index is -0.290. The van der Waals surface area contributed by atoms with Crippen LogP contribution in [0.15, 0.2) is 114 Å². The van der Waals surface area contributed by atoms with Crippen LogP contribution in [0.2, 0.25) is 0 Å². The average molecular weight is 456 g/mol. The molecule has 1 amide bonds. The minimum absolute atomic E-state index is 0.0372. The zero-order valence-electron chi connectivity index (χ0n) is 19.2. The van der Waals surface area contributed by atoms with Gasteiger partial charge in [0.1, 0.15) is 5.69 Å². The number of para-hydroxylation sites is 1. The first kappa shape index (κ1) is 20.3. The number of allylic oxidation sites excluding steroid dienone is 2. The maximum atomic E-state index is 12.9. The second-order valence-corrected chi connectivity index (χ2v) is 9.89. The molecule has 0 aliphatic heterocycles. The Balaban J connectivity index is 1.24. The number of hydrazone groups is 1. The lowest BCUT2D eigenvalue weighted by atomic mass is 9.75. The van der Waals surface area contributed by atoms with Gasteiger partial charge in [0.05, 0.1) is 5.52 Å². The summed E-state index contributed by atoms with van der Waals surface area (Å²) in [6.07, 6.45) is 7.97. The summed E-state index contributed by atoms with van der Waals surface area (Å²) < 4.78 is 0. The fourth-order valence-corrected chi connectivity index (χ4v) is 7.35. The van der Waals surface area contributed by atoms with Gasteiger partial charge in [-0.15, -0.1) is 0 Å². The quantitative estimate of drug-likeness (QED) is 0.240. The summed E-state index contributed by atoms with van der Waals surface area (Å²) in [5.41, 5.74) is 6.58. The molecule has 2 saturated carbocycles. The van der Waals surface area contributed by atoms with Crippen molar-refractivity contribution >= 4 is 23.0 Å². The van der Waals surface area contributed by atoms with Crippen molar-refractivity contribution < 1.29 is 4.79 Å². The van der Waals surface area contributed by atoms with E-state index in [1.165, 1.54) is 17.5 Å². The summed E-state index contributed by atoms with van der Waals surface area (Å²) >= 11 is 0. The largest absolute Gasteiger partial charge is 0.289 e. The summed E-state index contributed by atoms with van der Waals surface area (Å²) in [6, 6.07) is 33.2. The molecule has 4 heteroatoms.